The Labute approximate surface area is 128 Å². The largest absolute Gasteiger partial charge is 0.383 e. The van der Waals surface area contributed by atoms with Gasteiger partial charge >= 0.3 is 0 Å². The SMILES string of the molecule is CCCNc1nc(C)nc(Sc2nc(N)cc(N)n2)c1C. The molecule has 0 atom stereocenters. The minimum Gasteiger partial charge on any atom is -0.383 e. The standard InChI is InChI=1S/C13H19N7S/c1-4-5-16-11-7(2)12(18-8(3)17-11)21-13-19-9(14)6-10(15)20-13/h6H,4-5H2,1-3H3,(H,16,17,18)(H4,14,15,19,20). The van der Waals surface area contributed by atoms with Gasteiger partial charge in [-0.05, 0) is 32.0 Å². The Morgan fingerprint density at radius 1 is 1.10 bits per heavy atom. The second-order valence-corrected chi connectivity index (χ2v) is 5.53. The van der Waals surface area contributed by atoms with E-state index in [0.29, 0.717) is 22.6 Å². The van der Waals surface area contributed by atoms with Crippen molar-refractivity contribution in [2.45, 2.75) is 37.4 Å². The van der Waals surface area contributed by atoms with E-state index in [2.05, 4.69) is 32.2 Å². The Kier molecular flexibility index (Phi) is 4.79. The Hall–Kier alpha value is -2.09. The van der Waals surface area contributed by atoms with Gasteiger partial charge in [0.2, 0.25) is 0 Å². The average Bonchev–Trinajstić information content (AvgIpc) is 2.39. The van der Waals surface area contributed by atoms with Crippen LogP contribution in [-0.2, 0) is 0 Å². The zero-order chi connectivity index (χ0) is 15.4. The molecule has 2 aromatic heterocycles. The van der Waals surface area contributed by atoms with Crippen LogP contribution >= 0.6 is 11.8 Å². The summed E-state index contributed by atoms with van der Waals surface area (Å²) in [7, 11) is 0. The molecule has 0 saturated heterocycles. The van der Waals surface area contributed by atoms with Crippen LogP contribution in [0.5, 0.6) is 0 Å². The van der Waals surface area contributed by atoms with Crippen LogP contribution in [0.1, 0.15) is 24.7 Å². The Bertz CT molecular complexity index is 624. The first kappa shape index (κ1) is 15.3. The Morgan fingerprint density at radius 2 is 1.76 bits per heavy atom. The predicted molar refractivity (Wildman–Crippen MR) is 85.3 cm³/mol. The zero-order valence-corrected chi connectivity index (χ0v) is 13.2. The van der Waals surface area contributed by atoms with Gasteiger partial charge in [0.15, 0.2) is 5.16 Å². The van der Waals surface area contributed by atoms with Crippen LogP contribution in [0.15, 0.2) is 16.2 Å². The number of nitrogens with two attached hydrogens (primary N) is 2. The summed E-state index contributed by atoms with van der Waals surface area (Å²) in [5.74, 6) is 2.22. The van der Waals surface area contributed by atoms with Crippen LogP contribution in [0.4, 0.5) is 17.5 Å². The number of aryl methyl sites for hydroxylation is 1. The van der Waals surface area contributed by atoms with Crippen LogP contribution in [0.2, 0.25) is 0 Å². The number of nitrogen functional groups attached to an aromatic ring is 2. The number of anilines is 3. The van der Waals surface area contributed by atoms with Crippen molar-refractivity contribution in [1.82, 2.24) is 19.9 Å². The van der Waals surface area contributed by atoms with E-state index in [4.69, 9.17) is 11.5 Å². The molecule has 0 fully saturated rings. The number of nitrogens with one attached hydrogen (secondary N) is 1. The highest BCUT2D eigenvalue weighted by molar-refractivity contribution is 7.99. The van der Waals surface area contributed by atoms with Gasteiger partial charge in [-0.1, -0.05) is 6.92 Å². The lowest BCUT2D eigenvalue weighted by Crippen LogP contribution is -2.07. The lowest BCUT2D eigenvalue weighted by atomic mass is 10.3. The lowest BCUT2D eigenvalue weighted by molar-refractivity contribution is 0.902. The highest BCUT2D eigenvalue weighted by Crippen LogP contribution is 2.30. The number of rotatable bonds is 5. The molecular formula is C13H19N7S. The Morgan fingerprint density at radius 3 is 2.38 bits per heavy atom. The molecule has 0 aliphatic heterocycles. The van der Waals surface area contributed by atoms with Gasteiger partial charge in [-0.2, -0.15) is 0 Å². The van der Waals surface area contributed by atoms with Gasteiger partial charge < -0.3 is 16.8 Å². The fraction of sp³-hybridized carbons (Fsp3) is 0.385. The third kappa shape index (κ3) is 3.94. The molecule has 0 spiro atoms. The molecule has 0 amide bonds. The molecule has 0 aliphatic rings. The smallest absolute Gasteiger partial charge is 0.197 e. The summed E-state index contributed by atoms with van der Waals surface area (Å²) >= 11 is 1.33. The molecule has 0 bridgehead atoms. The first-order valence-electron chi connectivity index (χ1n) is 6.66. The van der Waals surface area contributed by atoms with E-state index in [0.717, 1.165) is 29.4 Å². The van der Waals surface area contributed by atoms with Gasteiger partial charge in [-0.15, -0.1) is 0 Å². The molecule has 0 aromatic carbocycles. The normalized spacial score (nSPS) is 10.6. The maximum Gasteiger partial charge on any atom is 0.197 e. The maximum absolute atomic E-state index is 5.69. The van der Waals surface area contributed by atoms with Crippen molar-refractivity contribution in [2.75, 3.05) is 23.3 Å². The van der Waals surface area contributed by atoms with E-state index >= 15 is 0 Å². The molecule has 8 heteroatoms. The van der Waals surface area contributed by atoms with Gasteiger partial charge in [0.25, 0.3) is 0 Å². The van der Waals surface area contributed by atoms with Gasteiger partial charge in [-0.25, -0.2) is 19.9 Å². The van der Waals surface area contributed by atoms with E-state index in [1.807, 2.05) is 13.8 Å². The summed E-state index contributed by atoms with van der Waals surface area (Å²) in [6.45, 7) is 6.79. The molecule has 2 heterocycles. The van der Waals surface area contributed by atoms with Crippen molar-refractivity contribution in [1.29, 1.82) is 0 Å². The van der Waals surface area contributed by atoms with Crippen molar-refractivity contribution >= 4 is 29.2 Å². The van der Waals surface area contributed by atoms with Crippen LogP contribution in [0.3, 0.4) is 0 Å². The second-order valence-electron chi connectivity index (χ2n) is 4.58. The number of aromatic nitrogens is 4. The predicted octanol–water partition coefficient (Wildman–Crippen LogP) is 2.02. The minimum atomic E-state index is 0.345. The fourth-order valence-electron chi connectivity index (χ4n) is 1.71. The topological polar surface area (TPSA) is 116 Å². The molecular weight excluding hydrogens is 286 g/mol. The van der Waals surface area contributed by atoms with Crippen molar-refractivity contribution in [2.24, 2.45) is 0 Å². The number of hydrogen-bond acceptors (Lipinski definition) is 8. The lowest BCUT2D eigenvalue weighted by Gasteiger charge is -2.11. The van der Waals surface area contributed by atoms with E-state index in [9.17, 15) is 0 Å². The van der Waals surface area contributed by atoms with Crippen LogP contribution in [-0.4, -0.2) is 26.5 Å². The first-order valence-corrected chi connectivity index (χ1v) is 7.48. The summed E-state index contributed by atoms with van der Waals surface area (Å²) in [6.07, 6.45) is 1.03. The summed E-state index contributed by atoms with van der Waals surface area (Å²) in [5, 5.41) is 4.58. The Balaban J connectivity index is 2.32. The molecule has 0 unspecified atom stereocenters. The number of nitrogens with zero attached hydrogens (tertiary/aromatic N) is 4. The summed E-state index contributed by atoms with van der Waals surface area (Å²) in [6, 6.07) is 1.52. The van der Waals surface area contributed by atoms with E-state index in [1.165, 1.54) is 17.8 Å². The summed E-state index contributed by atoms with van der Waals surface area (Å²) in [4.78, 5) is 17.2. The quantitative estimate of drug-likeness (QED) is 0.567. The van der Waals surface area contributed by atoms with Crippen LogP contribution in [0, 0.1) is 13.8 Å². The minimum absolute atomic E-state index is 0.345. The third-order valence-electron chi connectivity index (χ3n) is 2.69. The molecule has 2 rings (SSSR count). The van der Waals surface area contributed by atoms with E-state index in [1.54, 1.807) is 0 Å². The van der Waals surface area contributed by atoms with Gasteiger partial charge in [0, 0.05) is 18.2 Å². The summed E-state index contributed by atoms with van der Waals surface area (Å²) < 4.78 is 0. The van der Waals surface area contributed by atoms with E-state index in [-0.39, 0.29) is 0 Å². The highest BCUT2D eigenvalue weighted by Gasteiger charge is 2.12. The zero-order valence-electron chi connectivity index (χ0n) is 12.3. The van der Waals surface area contributed by atoms with Crippen LogP contribution < -0.4 is 16.8 Å². The summed E-state index contributed by atoms with van der Waals surface area (Å²) in [5.41, 5.74) is 12.3. The highest BCUT2D eigenvalue weighted by atomic mass is 32.2. The van der Waals surface area contributed by atoms with Crippen molar-refractivity contribution in [3.63, 3.8) is 0 Å². The molecule has 0 saturated carbocycles. The molecule has 5 N–H and O–H groups in total. The second kappa shape index (κ2) is 6.57. The molecule has 21 heavy (non-hydrogen) atoms. The molecule has 2 aromatic rings. The van der Waals surface area contributed by atoms with Crippen molar-refractivity contribution in [3.8, 4) is 0 Å². The van der Waals surface area contributed by atoms with E-state index < -0.39 is 0 Å². The van der Waals surface area contributed by atoms with Crippen LogP contribution in [0.25, 0.3) is 0 Å². The molecule has 112 valence electrons. The van der Waals surface area contributed by atoms with Gasteiger partial charge in [-0.3, -0.25) is 0 Å². The molecule has 0 aliphatic carbocycles. The molecule has 0 radical (unpaired) electrons. The maximum atomic E-state index is 5.69. The monoisotopic (exact) mass is 305 g/mol. The average molecular weight is 305 g/mol. The van der Waals surface area contributed by atoms with Gasteiger partial charge in [0.05, 0.1) is 0 Å². The van der Waals surface area contributed by atoms with Crippen molar-refractivity contribution in [3.05, 3.63) is 17.5 Å². The number of hydrogen-bond donors (Lipinski definition) is 3. The third-order valence-corrected chi connectivity index (χ3v) is 3.64. The van der Waals surface area contributed by atoms with Gasteiger partial charge in [0.1, 0.15) is 28.3 Å². The first-order chi connectivity index (χ1) is 9.99. The fourth-order valence-corrected chi connectivity index (χ4v) is 2.61. The van der Waals surface area contributed by atoms with Crippen molar-refractivity contribution < 1.29 is 0 Å². The molecule has 7 nitrogen and oxygen atoms in total.